The van der Waals surface area contributed by atoms with Crippen molar-refractivity contribution >= 4 is 5.91 Å². The van der Waals surface area contributed by atoms with Gasteiger partial charge in [0.2, 0.25) is 5.91 Å². The number of amides is 1. The van der Waals surface area contributed by atoms with Gasteiger partial charge in [0.15, 0.2) is 0 Å². The Morgan fingerprint density at radius 3 is 0.892 bits per heavy atom. The average Bonchev–Trinajstić information content (AvgIpc) is 3.40. The summed E-state index contributed by atoms with van der Waals surface area (Å²) >= 11 is 0. The van der Waals surface area contributed by atoms with Crippen molar-refractivity contribution in [3.05, 3.63) is 122 Å². The highest BCUT2D eigenvalue weighted by molar-refractivity contribution is 5.76. The summed E-state index contributed by atoms with van der Waals surface area (Å²) in [5.74, 6) is -0.0977. The molecule has 4 heteroatoms. The summed E-state index contributed by atoms with van der Waals surface area (Å²) in [5, 5.41) is 23.2. The molecule has 1 amide bonds. The van der Waals surface area contributed by atoms with Crippen LogP contribution in [0.1, 0.15) is 296 Å². The summed E-state index contributed by atoms with van der Waals surface area (Å²) in [5.41, 5.74) is 0. The third-order valence-corrected chi connectivity index (χ3v) is 14.0. The molecule has 0 fully saturated rings. The van der Waals surface area contributed by atoms with Gasteiger partial charge in [-0.1, -0.05) is 322 Å². The maximum absolute atomic E-state index is 12.5. The topological polar surface area (TPSA) is 69.6 Å². The van der Waals surface area contributed by atoms with Crippen LogP contribution in [-0.2, 0) is 4.79 Å². The van der Waals surface area contributed by atoms with Crippen LogP contribution in [0.4, 0.5) is 0 Å². The number of allylic oxidation sites excluding steroid dienone is 19. The zero-order chi connectivity index (χ0) is 53.4. The number of unbranched alkanes of at least 4 members (excludes halogenated alkanes) is 32. The van der Waals surface area contributed by atoms with E-state index >= 15 is 0 Å². The van der Waals surface area contributed by atoms with Gasteiger partial charge in [0, 0.05) is 6.42 Å². The summed E-state index contributed by atoms with van der Waals surface area (Å²) in [6, 6.07) is -0.652. The van der Waals surface area contributed by atoms with Gasteiger partial charge in [0.05, 0.1) is 18.8 Å². The van der Waals surface area contributed by atoms with Crippen molar-refractivity contribution in [2.24, 2.45) is 0 Å². The number of aliphatic hydroxyl groups excluding tert-OH is 2. The maximum Gasteiger partial charge on any atom is 0.220 e. The lowest BCUT2D eigenvalue weighted by molar-refractivity contribution is -0.123. The first kappa shape index (κ1) is 70.8. The smallest absolute Gasteiger partial charge is 0.220 e. The van der Waals surface area contributed by atoms with E-state index in [0.717, 1.165) is 96.3 Å². The molecule has 2 atom stereocenters. The van der Waals surface area contributed by atoms with E-state index in [4.69, 9.17) is 0 Å². The Hall–Kier alpha value is -3.21. The second-order valence-corrected chi connectivity index (χ2v) is 21.1. The van der Waals surface area contributed by atoms with E-state index in [-0.39, 0.29) is 12.5 Å². The first-order valence-electron chi connectivity index (χ1n) is 31.7. The first-order valence-corrected chi connectivity index (χ1v) is 31.7. The summed E-state index contributed by atoms with van der Waals surface area (Å²) < 4.78 is 0. The minimum absolute atomic E-state index is 0.0977. The minimum Gasteiger partial charge on any atom is -0.394 e. The number of nitrogens with one attached hydrogen (secondary N) is 1. The van der Waals surface area contributed by atoms with E-state index in [9.17, 15) is 15.0 Å². The van der Waals surface area contributed by atoms with Gasteiger partial charge in [-0.05, 0) is 89.9 Å². The highest BCUT2D eigenvalue weighted by atomic mass is 16.3. The largest absolute Gasteiger partial charge is 0.394 e. The molecule has 0 radical (unpaired) electrons. The molecule has 0 bridgehead atoms. The van der Waals surface area contributed by atoms with Crippen LogP contribution >= 0.6 is 0 Å². The molecule has 0 saturated carbocycles. The third-order valence-electron chi connectivity index (χ3n) is 14.0. The van der Waals surface area contributed by atoms with Crippen LogP contribution in [0, 0.1) is 0 Å². The normalized spacial score (nSPS) is 13.6. The Bertz CT molecular complexity index is 1440. The number of carbonyl (C=O) groups excluding carboxylic acids is 1. The van der Waals surface area contributed by atoms with Crippen LogP contribution in [-0.4, -0.2) is 34.9 Å². The second-order valence-electron chi connectivity index (χ2n) is 21.1. The van der Waals surface area contributed by atoms with Crippen LogP contribution in [0.5, 0.6) is 0 Å². The van der Waals surface area contributed by atoms with Crippen LogP contribution in [0.2, 0.25) is 0 Å². The number of hydrogen-bond acceptors (Lipinski definition) is 3. The van der Waals surface area contributed by atoms with Gasteiger partial charge in [0.25, 0.3) is 0 Å². The summed E-state index contributed by atoms with van der Waals surface area (Å²) in [4.78, 5) is 12.5. The van der Waals surface area contributed by atoms with E-state index in [1.807, 2.05) is 6.08 Å². The first-order chi connectivity index (χ1) is 36.7. The molecular weight excluding hydrogens is 903 g/mol. The van der Waals surface area contributed by atoms with Crippen molar-refractivity contribution < 1.29 is 15.0 Å². The summed E-state index contributed by atoms with van der Waals surface area (Å²) in [6.45, 7) is 4.20. The summed E-state index contributed by atoms with van der Waals surface area (Å²) in [7, 11) is 0. The van der Waals surface area contributed by atoms with Crippen molar-refractivity contribution in [2.75, 3.05) is 6.61 Å². The number of aliphatic hydroxyl groups is 2. The molecular formula is C70H121NO3. The van der Waals surface area contributed by atoms with Crippen LogP contribution in [0.25, 0.3) is 0 Å². The molecule has 3 N–H and O–H groups in total. The fraction of sp³-hybridized carbons (Fsp3) is 0.700. The Labute approximate surface area is 460 Å². The van der Waals surface area contributed by atoms with E-state index in [1.165, 1.54) is 180 Å². The molecule has 0 saturated heterocycles. The van der Waals surface area contributed by atoms with Crippen LogP contribution in [0.3, 0.4) is 0 Å². The molecule has 0 aliphatic heterocycles. The molecule has 0 aromatic carbocycles. The highest BCUT2D eigenvalue weighted by Crippen LogP contribution is 2.17. The van der Waals surface area contributed by atoms with Crippen molar-refractivity contribution in [2.45, 2.75) is 309 Å². The third kappa shape index (κ3) is 59.7. The van der Waals surface area contributed by atoms with Crippen molar-refractivity contribution in [1.29, 1.82) is 0 Å². The Morgan fingerprint density at radius 1 is 0.338 bits per heavy atom. The Balaban J connectivity index is 3.60. The lowest BCUT2D eigenvalue weighted by Crippen LogP contribution is -2.45. The second kappa shape index (κ2) is 64.1. The van der Waals surface area contributed by atoms with Crippen molar-refractivity contribution in [3.63, 3.8) is 0 Å². The van der Waals surface area contributed by atoms with Gasteiger partial charge < -0.3 is 15.5 Å². The highest BCUT2D eigenvalue weighted by Gasteiger charge is 2.18. The zero-order valence-corrected chi connectivity index (χ0v) is 48.8. The number of carbonyl (C=O) groups is 1. The molecule has 0 aromatic heterocycles. The number of rotatable bonds is 57. The van der Waals surface area contributed by atoms with E-state index in [1.54, 1.807) is 6.08 Å². The lowest BCUT2D eigenvalue weighted by Gasteiger charge is -2.19. The van der Waals surface area contributed by atoms with Gasteiger partial charge in [-0.2, -0.15) is 0 Å². The van der Waals surface area contributed by atoms with Gasteiger partial charge >= 0.3 is 0 Å². The monoisotopic (exact) mass is 1020 g/mol. The zero-order valence-electron chi connectivity index (χ0n) is 48.8. The molecule has 74 heavy (non-hydrogen) atoms. The van der Waals surface area contributed by atoms with Crippen molar-refractivity contribution in [1.82, 2.24) is 5.32 Å². The molecule has 0 rings (SSSR count). The predicted octanol–water partition coefficient (Wildman–Crippen LogP) is 21.6. The van der Waals surface area contributed by atoms with Gasteiger partial charge in [-0.3, -0.25) is 4.79 Å². The SMILES string of the molecule is CC/C=C\C/C=C\C/C=C\C/C=C\C/C=C\C/C=C\C/C=C\C/C=C\C/C=C\CCCCCC(=O)NC(CO)C(O)/C=C/CCCCCCCCCCCCCCCCCCCCCCCCCCCCCCC. The molecule has 2 unspecified atom stereocenters. The fourth-order valence-corrected chi connectivity index (χ4v) is 9.17. The molecule has 0 spiro atoms. The molecule has 0 aromatic rings. The Morgan fingerprint density at radius 2 is 0.595 bits per heavy atom. The Kier molecular flexibility index (Phi) is 61.3. The van der Waals surface area contributed by atoms with E-state index < -0.39 is 12.1 Å². The minimum atomic E-state index is -0.865. The van der Waals surface area contributed by atoms with Crippen molar-refractivity contribution in [3.8, 4) is 0 Å². The molecule has 0 aliphatic carbocycles. The number of hydrogen-bond donors (Lipinski definition) is 3. The predicted molar refractivity (Wildman–Crippen MR) is 331 cm³/mol. The molecule has 424 valence electrons. The lowest BCUT2D eigenvalue weighted by atomic mass is 10.0. The molecule has 0 heterocycles. The average molecular weight is 1020 g/mol. The van der Waals surface area contributed by atoms with Crippen LogP contribution in [0.15, 0.2) is 122 Å². The molecule has 0 aliphatic rings. The van der Waals surface area contributed by atoms with Gasteiger partial charge in [0.1, 0.15) is 0 Å². The quantitative estimate of drug-likeness (QED) is 0.0420. The summed E-state index contributed by atoms with van der Waals surface area (Å²) in [6.07, 6.45) is 98.2. The van der Waals surface area contributed by atoms with Crippen LogP contribution < -0.4 is 5.32 Å². The fourth-order valence-electron chi connectivity index (χ4n) is 9.17. The standard InChI is InChI=1S/C70H121NO3/c1-3-5-7-9-11-13-15-17-19-21-23-25-27-29-31-33-35-37-39-41-43-45-47-49-51-53-55-57-59-61-63-65-69(73)68(67-72)71-70(74)66-64-62-60-58-56-54-52-50-48-46-44-42-40-38-36-34-32-30-28-26-24-22-20-18-16-14-12-10-8-6-4-2/h6,8,12,14,18,20,24,26,30,32,36,38,42,44,48,50,54,56,63,65,68-69,72-73H,3-5,7,9-11,13,15-17,19,21-23,25,27-29,31,33-35,37,39-41,43,45-47,49,51-53,55,57-62,64,66-67H2,1-2H3,(H,71,74)/b8-6-,14-12-,20-18-,26-24-,32-30-,38-36-,44-42-,50-48-,56-54-,65-63+. The molecule has 4 nitrogen and oxygen atoms in total. The van der Waals surface area contributed by atoms with E-state index in [0.29, 0.717) is 6.42 Å². The van der Waals surface area contributed by atoms with E-state index in [2.05, 4.69) is 129 Å². The maximum atomic E-state index is 12.5. The van der Waals surface area contributed by atoms with Gasteiger partial charge in [-0.15, -0.1) is 0 Å². The van der Waals surface area contributed by atoms with Gasteiger partial charge in [-0.25, -0.2) is 0 Å².